The average molecular weight is 301 g/mol. The van der Waals surface area contributed by atoms with E-state index >= 15 is 0 Å². The van der Waals surface area contributed by atoms with Crippen molar-refractivity contribution in [2.24, 2.45) is 0 Å². The highest BCUT2D eigenvalue weighted by molar-refractivity contribution is 7.99. The third kappa shape index (κ3) is 4.09. The van der Waals surface area contributed by atoms with E-state index in [0.717, 1.165) is 24.3 Å². The number of halogens is 1. The molecule has 1 aromatic rings. The Morgan fingerprint density at radius 1 is 1.58 bits per heavy atom. The van der Waals surface area contributed by atoms with E-state index in [1.807, 2.05) is 12.1 Å². The number of thioether (sulfide) groups is 1. The van der Waals surface area contributed by atoms with E-state index in [1.54, 1.807) is 18.0 Å². The van der Waals surface area contributed by atoms with Crippen LogP contribution in [0.15, 0.2) is 23.4 Å². The Bertz CT molecular complexity index is 412. The number of aromatic nitrogens is 1. The molecular weight excluding hydrogens is 280 g/mol. The molecule has 1 aliphatic carbocycles. The molecule has 3 nitrogen and oxygen atoms in total. The Morgan fingerprint density at radius 2 is 2.37 bits per heavy atom. The molecule has 2 N–H and O–H groups in total. The van der Waals surface area contributed by atoms with Crippen molar-refractivity contribution in [3.8, 4) is 0 Å². The Labute approximate surface area is 124 Å². The van der Waals surface area contributed by atoms with Crippen LogP contribution < -0.4 is 5.32 Å². The van der Waals surface area contributed by atoms with Gasteiger partial charge in [0.15, 0.2) is 0 Å². The van der Waals surface area contributed by atoms with Crippen LogP contribution >= 0.6 is 23.4 Å². The summed E-state index contributed by atoms with van der Waals surface area (Å²) in [5, 5.41) is 15.4. The minimum atomic E-state index is -0.113. The SMILES string of the molecule is CC(C)NC1(CO)CCC(Sc2ccc(Cl)cn2)C1. The molecule has 106 valence electrons. The van der Waals surface area contributed by atoms with Crippen molar-refractivity contribution in [2.75, 3.05) is 6.61 Å². The van der Waals surface area contributed by atoms with Gasteiger partial charge < -0.3 is 10.4 Å². The van der Waals surface area contributed by atoms with Crippen LogP contribution in [-0.2, 0) is 0 Å². The molecule has 5 heteroatoms. The third-order valence-electron chi connectivity index (χ3n) is 3.45. The second kappa shape index (κ2) is 6.44. The number of nitrogens with zero attached hydrogens (tertiary/aromatic N) is 1. The third-order valence-corrected chi connectivity index (χ3v) is 4.89. The van der Waals surface area contributed by atoms with Gasteiger partial charge in [-0.1, -0.05) is 25.4 Å². The summed E-state index contributed by atoms with van der Waals surface area (Å²) in [6.07, 6.45) is 4.79. The molecule has 2 unspecified atom stereocenters. The monoisotopic (exact) mass is 300 g/mol. The Hall–Kier alpha value is -0.290. The number of aliphatic hydroxyl groups is 1. The zero-order valence-corrected chi connectivity index (χ0v) is 13.0. The van der Waals surface area contributed by atoms with Gasteiger partial charge in [0.05, 0.1) is 16.7 Å². The first-order valence-electron chi connectivity index (χ1n) is 6.70. The maximum absolute atomic E-state index is 9.68. The van der Waals surface area contributed by atoms with Gasteiger partial charge in [0.2, 0.25) is 0 Å². The predicted octanol–water partition coefficient (Wildman–Crippen LogP) is 3.11. The summed E-state index contributed by atoms with van der Waals surface area (Å²) >= 11 is 7.62. The van der Waals surface area contributed by atoms with Crippen molar-refractivity contribution >= 4 is 23.4 Å². The molecule has 0 saturated heterocycles. The van der Waals surface area contributed by atoms with Gasteiger partial charge in [0, 0.05) is 23.0 Å². The van der Waals surface area contributed by atoms with Crippen molar-refractivity contribution in [2.45, 2.75) is 55.0 Å². The molecule has 1 heterocycles. The molecule has 0 radical (unpaired) electrons. The highest BCUT2D eigenvalue weighted by atomic mass is 35.5. The molecule has 2 atom stereocenters. The summed E-state index contributed by atoms with van der Waals surface area (Å²) in [5.41, 5.74) is -0.113. The molecule has 2 rings (SSSR count). The molecule has 1 saturated carbocycles. The van der Waals surface area contributed by atoms with Crippen LogP contribution in [0.5, 0.6) is 0 Å². The van der Waals surface area contributed by atoms with Gasteiger partial charge in [-0.2, -0.15) is 0 Å². The highest BCUT2D eigenvalue weighted by Gasteiger charge is 2.39. The van der Waals surface area contributed by atoms with Crippen LogP contribution in [0.1, 0.15) is 33.1 Å². The van der Waals surface area contributed by atoms with Crippen LogP contribution in [-0.4, -0.2) is 33.5 Å². The lowest BCUT2D eigenvalue weighted by Gasteiger charge is -2.31. The van der Waals surface area contributed by atoms with Crippen molar-refractivity contribution in [1.82, 2.24) is 10.3 Å². The van der Waals surface area contributed by atoms with Gasteiger partial charge in [-0.25, -0.2) is 4.98 Å². The molecule has 0 bridgehead atoms. The van der Waals surface area contributed by atoms with Crippen LogP contribution in [0.4, 0.5) is 0 Å². The lowest BCUT2D eigenvalue weighted by Crippen LogP contribution is -2.49. The minimum absolute atomic E-state index is 0.113. The van der Waals surface area contributed by atoms with E-state index in [2.05, 4.69) is 24.1 Å². The zero-order chi connectivity index (χ0) is 13.9. The van der Waals surface area contributed by atoms with E-state index in [9.17, 15) is 5.11 Å². The van der Waals surface area contributed by atoms with Gasteiger partial charge in [-0.3, -0.25) is 0 Å². The topological polar surface area (TPSA) is 45.1 Å². The summed E-state index contributed by atoms with van der Waals surface area (Å²) in [7, 11) is 0. The van der Waals surface area contributed by atoms with Gasteiger partial charge >= 0.3 is 0 Å². The van der Waals surface area contributed by atoms with E-state index in [-0.39, 0.29) is 12.1 Å². The van der Waals surface area contributed by atoms with Crippen molar-refractivity contribution in [3.63, 3.8) is 0 Å². The normalized spacial score (nSPS) is 27.1. The Morgan fingerprint density at radius 3 is 2.95 bits per heavy atom. The first-order valence-corrected chi connectivity index (χ1v) is 7.95. The van der Waals surface area contributed by atoms with Gasteiger partial charge in [-0.15, -0.1) is 11.8 Å². The summed E-state index contributed by atoms with van der Waals surface area (Å²) in [4.78, 5) is 4.32. The molecule has 19 heavy (non-hydrogen) atoms. The standard InChI is InChI=1S/C14H21ClN2OS/c1-10(2)17-14(9-18)6-5-12(7-14)19-13-4-3-11(15)8-16-13/h3-4,8,10,12,17-18H,5-7,9H2,1-2H3. The fraction of sp³-hybridized carbons (Fsp3) is 0.643. The fourth-order valence-corrected chi connectivity index (χ4v) is 4.06. The number of pyridine rings is 1. The quantitative estimate of drug-likeness (QED) is 0.877. The number of hydrogen-bond acceptors (Lipinski definition) is 4. The summed E-state index contributed by atoms with van der Waals surface area (Å²) in [6.45, 7) is 4.45. The van der Waals surface area contributed by atoms with Crippen LogP contribution in [0.25, 0.3) is 0 Å². The smallest absolute Gasteiger partial charge is 0.0963 e. The number of nitrogens with one attached hydrogen (secondary N) is 1. The Balaban J connectivity index is 1.95. The number of aliphatic hydroxyl groups excluding tert-OH is 1. The molecular formula is C14H21ClN2OS. The summed E-state index contributed by atoms with van der Waals surface area (Å²) in [5.74, 6) is 0. The maximum atomic E-state index is 9.68. The molecule has 0 spiro atoms. The van der Waals surface area contributed by atoms with E-state index in [1.165, 1.54) is 0 Å². The second-order valence-corrected chi connectivity index (χ2v) is 7.29. The first-order chi connectivity index (χ1) is 9.03. The summed E-state index contributed by atoms with van der Waals surface area (Å²) < 4.78 is 0. The minimum Gasteiger partial charge on any atom is -0.394 e. The molecule has 0 aliphatic heterocycles. The maximum Gasteiger partial charge on any atom is 0.0963 e. The Kier molecular flexibility index (Phi) is 5.12. The predicted molar refractivity (Wildman–Crippen MR) is 80.8 cm³/mol. The molecule has 0 aromatic carbocycles. The van der Waals surface area contributed by atoms with Gasteiger partial charge in [0.25, 0.3) is 0 Å². The van der Waals surface area contributed by atoms with E-state index in [0.29, 0.717) is 16.3 Å². The van der Waals surface area contributed by atoms with Crippen LogP contribution in [0, 0.1) is 0 Å². The number of rotatable bonds is 5. The summed E-state index contributed by atoms with van der Waals surface area (Å²) in [6, 6.07) is 4.23. The highest BCUT2D eigenvalue weighted by Crippen LogP contribution is 2.39. The molecule has 1 fully saturated rings. The van der Waals surface area contributed by atoms with E-state index in [4.69, 9.17) is 11.6 Å². The first kappa shape index (κ1) is 15.1. The largest absolute Gasteiger partial charge is 0.394 e. The van der Waals surface area contributed by atoms with Gasteiger partial charge in [0.1, 0.15) is 0 Å². The van der Waals surface area contributed by atoms with Crippen LogP contribution in [0.2, 0.25) is 5.02 Å². The van der Waals surface area contributed by atoms with Crippen LogP contribution in [0.3, 0.4) is 0 Å². The lowest BCUT2D eigenvalue weighted by molar-refractivity contribution is 0.156. The zero-order valence-electron chi connectivity index (χ0n) is 11.4. The molecule has 1 aliphatic rings. The molecule has 0 amide bonds. The second-order valence-electron chi connectivity index (χ2n) is 5.53. The van der Waals surface area contributed by atoms with E-state index < -0.39 is 0 Å². The van der Waals surface area contributed by atoms with Crippen molar-refractivity contribution < 1.29 is 5.11 Å². The van der Waals surface area contributed by atoms with Crippen molar-refractivity contribution in [3.05, 3.63) is 23.4 Å². The lowest BCUT2D eigenvalue weighted by atomic mass is 9.98. The fourth-order valence-electron chi connectivity index (χ4n) is 2.71. The number of hydrogen-bond donors (Lipinski definition) is 2. The molecule has 1 aromatic heterocycles. The average Bonchev–Trinajstić information content (AvgIpc) is 2.75. The van der Waals surface area contributed by atoms with Gasteiger partial charge in [-0.05, 0) is 31.4 Å². The van der Waals surface area contributed by atoms with Crippen molar-refractivity contribution in [1.29, 1.82) is 0 Å².